The zero-order chi connectivity index (χ0) is 16.2. The van der Waals surface area contributed by atoms with Crippen LogP contribution in [0, 0.1) is 5.92 Å². The molecule has 0 radical (unpaired) electrons. The Kier molecular flexibility index (Phi) is 5.30. The smallest absolute Gasteiger partial charge is 0.368 e. The minimum absolute atomic E-state index is 0.0715. The summed E-state index contributed by atoms with van der Waals surface area (Å²) in [7, 11) is 0. The summed E-state index contributed by atoms with van der Waals surface area (Å²) in [6.45, 7) is 3.75. The lowest BCUT2D eigenvalue weighted by Gasteiger charge is -2.25. The SMILES string of the molecule is CC(C)CN(CC(N)=O)c1cc(C(F)(F)F)nc(NN)n1. The summed E-state index contributed by atoms with van der Waals surface area (Å²) in [6, 6.07) is 0.756. The quantitative estimate of drug-likeness (QED) is 0.528. The Hall–Kier alpha value is -2.10. The van der Waals surface area contributed by atoms with Gasteiger partial charge < -0.3 is 10.6 Å². The molecule has 0 aliphatic carbocycles. The van der Waals surface area contributed by atoms with E-state index in [4.69, 9.17) is 11.6 Å². The molecule has 0 unspecified atom stereocenters. The molecule has 1 aromatic heterocycles. The number of alkyl halides is 3. The first-order chi connectivity index (χ1) is 9.63. The van der Waals surface area contributed by atoms with E-state index >= 15 is 0 Å². The molecule has 0 bridgehead atoms. The second kappa shape index (κ2) is 6.57. The van der Waals surface area contributed by atoms with Crippen LogP contribution in [0.2, 0.25) is 0 Å². The highest BCUT2D eigenvalue weighted by molar-refractivity contribution is 5.79. The van der Waals surface area contributed by atoms with Gasteiger partial charge in [0.2, 0.25) is 11.9 Å². The van der Waals surface area contributed by atoms with Crippen LogP contribution in [0.3, 0.4) is 0 Å². The predicted octanol–water partition coefficient (Wildman–Crippen LogP) is 0.729. The number of nitrogens with two attached hydrogens (primary N) is 2. The number of anilines is 2. The maximum absolute atomic E-state index is 12.8. The molecule has 10 heteroatoms. The van der Waals surface area contributed by atoms with Gasteiger partial charge in [0.25, 0.3) is 0 Å². The van der Waals surface area contributed by atoms with E-state index < -0.39 is 23.7 Å². The molecule has 1 amide bonds. The maximum Gasteiger partial charge on any atom is 0.433 e. The number of hydrogen-bond donors (Lipinski definition) is 3. The summed E-state index contributed by atoms with van der Waals surface area (Å²) < 4.78 is 38.4. The highest BCUT2D eigenvalue weighted by Crippen LogP contribution is 2.30. The van der Waals surface area contributed by atoms with Gasteiger partial charge >= 0.3 is 6.18 Å². The van der Waals surface area contributed by atoms with Gasteiger partial charge in [-0.05, 0) is 5.92 Å². The molecule has 118 valence electrons. The highest BCUT2D eigenvalue weighted by atomic mass is 19.4. The fourth-order valence-corrected chi connectivity index (χ4v) is 1.67. The van der Waals surface area contributed by atoms with Gasteiger partial charge in [-0.2, -0.15) is 18.2 Å². The van der Waals surface area contributed by atoms with Crippen molar-refractivity contribution in [2.75, 3.05) is 23.4 Å². The first kappa shape index (κ1) is 17.0. The molecule has 21 heavy (non-hydrogen) atoms. The third-order valence-corrected chi connectivity index (χ3v) is 2.39. The monoisotopic (exact) mass is 306 g/mol. The van der Waals surface area contributed by atoms with E-state index in [9.17, 15) is 18.0 Å². The molecule has 5 N–H and O–H groups in total. The normalized spacial score (nSPS) is 11.6. The van der Waals surface area contributed by atoms with Crippen LogP contribution in [0.1, 0.15) is 19.5 Å². The lowest BCUT2D eigenvalue weighted by Crippen LogP contribution is -2.37. The first-order valence-corrected chi connectivity index (χ1v) is 6.09. The summed E-state index contributed by atoms with van der Waals surface area (Å²) in [4.78, 5) is 19.5. The van der Waals surface area contributed by atoms with Gasteiger partial charge in [0.15, 0.2) is 5.69 Å². The molecule has 0 fully saturated rings. The van der Waals surface area contributed by atoms with Crippen LogP contribution >= 0.6 is 0 Å². The molecule has 0 aliphatic heterocycles. The zero-order valence-corrected chi connectivity index (χ0v) is 11.6. The van der Waals surface area contributed by atoms with Gasteiger partial charge in [0, 0.05) is 12.6 Å². The number of hydrazine groups is 1. The van der Waals surface area contributed by atoms with Crippen LogP contribution in [-0.4, -0.2) is 29.0 Å². The predicted molar refractivity (Wildman–Crippen MR) is 71.1 cm³/mol. The molecule has 0 saturated carbocycles. The lowest BCUT2D eigenvalue weighted by atomic mass is 10.2. The van der Waals surface area contributed by atoms with E-state index in [1.54, 1.807) is 0 Å². The van der Waals surface area contributed by atoms with Crippen molar-refractivity contribution in [2.45, 2.75) is 20.0 Å². The largest absolute Gasteiger partial charge is 0.433 e. The molecule has 1 rings (SSSR count). The van der Waals surface area contributed by atoms with Crippen LogP contribution in [0.5, 0.6) is 0 Å². The Labute approximate surface area is 119 Å². The van der Waals surface area contributed by atoms with Crippen molar-refractivity contribution in [3.05, 3.63) is 11.8 Å². The summed E-state index contributed by atoms with van der Waals surface area (Å²) in [5, 5.41) is 0. The lowest BCUT2D eigenvalue weighted by molar-refractivity contribution is -0.141. The molecule has 0 spiro atoms. The van der Waals surface area contributed by atoms with Gasteiger partial charge in [0.1, 0.15) is 5.82 Å². The van der Waals surface area contributed by atoms with Crippen molar-refractivity contribution in [3.63, 3.8) is 0 Å². The minimum atomic E-state index is -4.65. The Morgan fingerprint density at radius 1 is 1.43 bits per heavy atom. The molecule has 1 aromatic rings. The van der Waals surface area contributed by atoms with Crippen molar-refractivity contribution < 1.29 is 18.0 Å². The maximum atomic E-state index is 12.8. The van der Waals surface area contributed by atoms with Crippen LogP contribution in [0.25, 0.3) is 0 Å². The first-order valence-electron chi connectivity index (χ1n) is 6.09. The number of primary amides is 1. The standard InChI is InChI=1S/C11H17F3N6O/c1-6(2)4-20(5-8(15)21)9-3-7(11(12,13)14)17-10(18-9)19-16/h3,6H,4-5,16H2,1-2H3,(H2,15,21)(H,17,18,19). The zero-order valence-electron chi connectivity index (χ0n) is 11.6. The summed E-state index contributed by atoms with van der Waals surface area (Å²) in [5.74, 6) is 4.03. The number of nitrogens with zero attached hydrogens (tertiary/aromatic N) is 3. The van der Waals surface area contributed by atoms with Gasteiger partial charge in [-0.1, -0.05) is 13.8 Å². The number of nitrogen functional groups attached to an aromatic ring is 1. The van der Waals surface area contributed by atoms with Crippen LogP contribution in [0.15, 0.2) is 6.07 Å². The Morgan fingerprint density at radius 3 is 2.48 bits per heavy atom. The Balaban J connectivity index is 3.25. The van der Waals surface area contributed by atoms with E-state index in [-0.39, 0.29) is 18.3 Å². The molecule has 0 atom stereocenters. The van der Waals surface area contributed by atoms with Crippen molar-refractivity contribution in [3.8, 4) is 0 Å². The summed E-state index contributed by atoms with van der Waals surface area (Å²) >= 11 is 0. The number of carbonyl (C=O) groups is 1. The van der Waals surface area contributed by atoms with Crippen molar-refractivity contribution in [2.24, 2.45) is 17.5 Å². The second-order valence-corrected chi connectivity index (χ2v) is 4.82. The highest BCUT2D eigenvalue weighted by Gasteiger charge is 2.34. The summed E-state index contributed by atoms with van der Waals surface area (Å²) in [5.41, 5.74) is 5.94. The van der Waals surface area contributed by atoms with Crippen LogP contribution in [-0.2, 0) is 11.0 Å². The Morgan fingerprint density at radius 2 is 2.05 bits per heavy atom. The van der Waals surface area contributed by atoms with Gasteiger partial charge in [-0.3, -0.25) is 10.2 Å². The second-order valence-electron chi connectivity index (χ2n) is 4.82. The molecular formula is C11H17F3N6O. The average Bonchev–Trinajstić information content (AvgIpc) is 2.35. The fourth-order valence-electron chi connectivity index (χ4n) is 1.67. The molecular weight excluding hydrogens is 289 g/mol. The number of nitrogens with one attached hydrogen (secondary N) is 1. The number of halogens is 3. The van der Waals surface area contributed by atoms with Gasteiger partial charge in [-0.15, -0.1) is 0 Å². The van der Waals surface area contributed by atoms with Gasteiger partial charge in [-0.25, -0.2) is 10.8 Å². The van der Waals surface area contributed by atoms with E-state index in [2.05, 4.69) is 9.97 Å². The average molecular weight is 306 g/mol. The molecule has 1 heterocycles. The Bertz CT molecular complexity index is 505. The van der Waals surface area contributed by atoms with Crippen LogP contribution < -0.4 is 21.9 Å². The molecule has 0 aliphatic rings. The van der Waals surface area contributed by atoms with Crippen LogP contribution in [0.4, 0.5) is 24.9 Å². The van der Waals surface area contributed by atoms with Crippen molar-refractivity contribution in [1.29, 1.82) is 0 Å². The van der Waals surface area contributed by atoms with E-state index in [1.165, 1.54) is 4.90 Å². The molecule has 0 saturated heterocycles. The van der Waals surface area contributed by atoms with E-state index in [0.29, 0.717) is 6.54 Å². The third-order valence-electron chi connectivity index (χ3n) is 2.39. The minimum Gasteiger partial charge on any atom is -0.368 e. The van der Waals surface area contributed by atoms with Crippen molar-refractivity contribution in [1.82, 2.24) is 9.97 Å². The molecule has 7 nitrogen and oxygen atoms in total. The molecule has 0 aromatic carbocycles. The van der Waals surface area contributed by atoms with Gasteiger partial charge in [0.05, 0.1) is 6.54 Å². The number of hydrogen-bond acceptors (Lipinski definition) is 6. The van der Waals surface area contributed by atoms with Crippen molar-refractivity contribution >= 4 is 17.7 Å². The third kappa shape index (κ3) is 5.06. The summed E-state index contributed by atoms with van der Waals surface area (Å²) in [6.07, 6.45) is -4.65. The van der Waals surface area contributed by atoms with E-state index in [1.807, 2.05) is 19.3 Å². The number of rotatable bonds is 6. The van der Waals surface area contributed by atoms with E-state index in [0.717, 1.165) is 6.07 Å². The fraction of sp³-hybridized carbons (Fsp3) is 0.545. The number of aromatic nitrogens is 2. The number of carbonyl (C=O) groups excluding carboxylic acids is 1. The topological polar surface area (TPSA) is 110 Å². The number of amides is 1.